The van der Waals surface area contributed by atoms with Gasteiger partial charge in [0.15, 0.2) is 11.5 Å². The van der Waals surface area contributed by atoms with Crippen LogP contribution in [0.25, 0.3) is 0 Å². The number of carbonyl (C=O) groups is 1. The number of piperidine rings is 1. The van der Waals surface area contributed by atoms with E-state index in [-0.39, 0.29) is 22.1 Å². The summed E-state index contributed by atoms with van der Waals surface area (Å²) in [5.41, 5.74) is 0.562. The van der Waals surface area contributed by atoms with E-state index in [9.17, 15) is 9.59 Å². The zero-order chi connectivity index (χ0) is 28.1. The summed E-state index contributed by atoms with van der Waals surface area (Å²) < 4.78 is 29.9. The van der Waals surface area contributed by atoms with Crippen LogP contribution in [0.5, 0.6) is 11.5 Å². The molecular weight excluding hydrogens is 510 g/mol. The summed E-state index contributed by atoms with van der Waals surface area (Å²) in [7, 11) is 0. The number of thioether (sulfide) groups is 1. The third kappa shape index (κ3) is 5.25. The molecule has 3 aliphatic rings. The highest BCUT2D eigenvalue weighted by atomic mass is 35.5. The van der Waals surface area contributed by atoms with Gasteiger partial charge in [-0.15, -0.1) is 11.8 Å². The fourth-order valence-corrected chi connectivity index (χ4v) is 6.43. The van der Waals surface area contributed by atoms with Gasteiger partial charge in [-0.2, -0.15) is 0 Å². The maximum absolute atomic E-state index is 13.4. The number of benzene rings is 1. The Morgan fingerprint density at radius 1 is 1.24 bits per heavy atom. The SMILES string of the molecule is [2H]C([2H])(NC(=O)c1cc(Cl)c2c(c1C)O[C@](C)(C1CCN(CC3CCC3)CC1)O2)c1c(SC)cc(C)[nH]c1=O. The summed E-state index contributed by atoms with van der Waals surface area (Å²) in [6.07, 6.45) is 7.69. The third-order valence-electron chi connectivity index (χ3n) is 8.02. The molecule has 5 rings (SSSR count). The van der Waals surface area contributed by atoms with Crippen molar-refractivity contribution in [3.63, 3.8) is 0 Å². The topological polar surface area (TPSA) is 83.7 Å². The van der Waals surface area contributed by atoms with Gasteiger partial charge >= 0.3 is 0 Å². The van der Waals surface area contributed by atoms with Gasteiger partial charge in [-0.1, -0.05) is 18.0 Å². The number of rotatable bonds is 7. The first-order chi connectivity index (χ1) is 18.4. The first-order valence-corrected chi connectivity index (χ1v) is 14.6. The van der Waals surface area contributed by atoms with Crippen molar-refractivity contribution in [1.29, 1.82) is 0 Å². The van der Waals surface area contributed by atoms with Crippen LogP contribution < -0.4 is 20.3 Å². The molecule has 9 heteroatoms. The van der Waals surface area contributed by atoms with E-state index in [0.29, 0.717) is 27.7 Å². The third-order valence-corrected chi connectivity index (χ3v) is 9.06. The fourth-order valence-electron chi connectivity index (χ4n) is 5.55. The lowest BCUT2D eigenvalue weighted by Gasteiger charge is -2.40. The van der Waals surface area contributed by atoms with Crippen LogP contribution in [0.4, 0.5) is 0 Å². The smallest absolute Gasteiger partial charge is 0.254 e. The fraction of sp³-hybridized carbons (Fsp3) is 0.571. The average molecular weight is 548 g/mol. The second-order valence-corrected chi connectivity index (χ2v) is 11.8. The van der Waals surface area contributed by atoms with Gasteiger partial charge in [-0.25, -0.2) is 0 Å². The minimum absolute atomic E-state index is 0.144. The van der Waals surface area contributed by atoms with E-state index < -0.39 is 23.8 Å². The largest absolute Gasteiger partial charge is 0.448 e. The lowest BCUT2D eigenvalue weighted by molar-refractivity contribution is -0.125. The molecule has 7 nitrogen and oxygen atoms in total. The number of ether oxygens (including phenoxy) is 2. The molecule has 1 saturated heterocycles. The van der Waals surface area contributed by atoms with E-state index in [1.165, 1.54) is 43.6 Å². The standard InChI is InChI=1S/C28H36ClN3O4S/c1-16-12-23(37-4)21(27(34)31-16)14-30-26(33)20-13-22(29)25-24(17(20)2)35-28(3,36-25)19-8-10-32(11-9-19)15-18-6-5-7-18/h12-13,18-19H,5-11,14-15H2,1-4H3,(H,30,33)(H,31,34)/t28-/m0/s1/i14D2. The molecule has 0 radical (unpaired) electrons. The monoisotopic (exact) mass is 547 g/mol. The van der Waals surface area contributed by atoms with Crippen molar-refractivity contribution >= 4 is 29.3 Å². The van der Waals surface area contributed by atoms with Crippen molar-refractivity contribution in [2.45, 2.75) is 70.1 Å². The number of aromatic nitrogens is 1. The van der Waals surface area contributed by atoms with Crippen LogP contribution in [0.1, 0.15) is 68.9 Å². The number of amides is 1. The number of aryl methyl sites for hydroxylation is 1. The van der Waals surface area contributed by atoms with E-state index in [2.05, 4.69) is 15.2 Å². The molecule has 1 aliphatic carbocycles. The Balaban J connectivity index is 1.34. The second-order valence-electron chi connectivity index (χ2n) is 10.6. The van der Waals surface area contributed by atoms with Gasteiger partial charge in [0.1, 0.15) is 0 Å². The summed E-state index contributed by atoms with van der Waals surface area (Å²) in [5.74, 6) is 0.233. The molecule has 200 valence electrons. The summed E-state index contributed by atoms with van der Waals surface area (Å²) in [6, 6.07) is 3.17. The number of nitrogens with zero attached hydrogens (tertiary/aromatic N) is 1. The molecule has 0 bridgehead atoms. The molecular formula is C28H36ClN3O4S. The van der Waals surface area contributed by atoms with E-state index in [1.54, 1.807) is 26.2 Å². The molecule has 0 spiro atoms. The number of carbonyl (C=O) groups excluding carboxylic acids is 1. The van der Waals surface area contributed by atoms with Crippen LogP contribution in [-0.4, -0.2) is 47.5 Å². The van der Waals surface area contributed by atoms with Crippen LogP contribution in [0.3, 0.4) is 0 Å². The highest BCUT2D eigenvalue weighted by Crippen LogP contribution is 2.51. The molecule has 2 aromatic rings. The summed E-state index contributed by atoms with van der Waals surface area (Å²) in [5, 5.41) is 2.62. The average Bonchev–Trinajstić information content (AvgIpc) is 3.22. The molecule has 1 atom stereocenters. The van der Waals surface area contributed by atoms with Crippen LogP contribution in [-0.2, 0) is 6.50 Å². The molecule has 3 heterocycles. The highest BCUT2D eigenvalue weighted by Gasteiger charge is 2.47. The van der Waals surface area contributed by atoms with Gasteiger partial charge in [0.25, 0.3) is 17.3 Å². The maximum Gasteiger partial charge on any atom is 0.254 e. The Hall–Kier alpha value is -2.16. The van der Waals surface area contributed by atoms with E-state index >= 15 is 0 Å². The van der Waals surface area contributed by atoms with Crippen LogP contribution >= 0.6 is 23.4 Å². The zero-order valence-corrected chi connectivity index (χ0v) is 23.4. The van der Waals surface area contributed by atoms with Crippen LogP contribution in [0, 0.1) is 25.7 Å². The Kier molecular flexibility index (Phi) is 6.81. The Morgan fingerprint density at radius 3 is 2.59 bits per heavy atom. The Bertz CT molecular complexity index is 1340. The highest BCUT2D eigenvalue weighted by molar-refractivity contribution is 7.98. The lowest BCUT2D eigenvalue weighted by atomic mass is 9.83. The van der Waals surface area contributed by atoms with Crippen molar-refractivity contribution in [2.24, 2.45) is 11.8 Å². The number of pyridine rings is 1. The first-order valence-electron chi connectivity index (χ1n) is 14.0. The van der Waals surface area contributed by atoms with E-state index in [4.69, 9.17) is 23.8 Å². The number of H-pyrrole nitrogens is 1. The number of nitrogens with one attached hydrogen (secondary N) is 2. The van der Waals surface area contributed by atoms with Crippen LogP contribution in [0.2, 0.25) is 5.02 Å². The molecule has 0 unspecified atom stereocenters. The number of hydrogen-bond donors (Lipinski definition) is 2. The minimum atomic E-state index is -2.42. The van der Waals surface area contributed by atoms with Gasteiger partial charge in [0.2, 0.25) is 0 Å². The summed E-state index contributed by atoms with van der Waals surface area (Å²) in [6.45, 7) is 6.16. The van der Waals surface area contributed by atoms with Crippen LogP contribution in [0.15, 0.2) is 21.8 Å². The number of aromatic amines is 1. The predicted octanol–water partition coefficient (Wildman–Crippen LogP) is 5.30. The quantitative estimate of drug-likeness (QED) is 0.458. The molecule has 1 saturated carbocycles. The molecule has 1 amide bonds. The van der Waals surface area contributed by atoms with E-state index in [0.717, 1.165) is 31.8 Å². The number of halogens is 1. The molecule has 2 fully saturated rings. The van der Waals surface area contributed by atoms with Gasteiger partial charge in [0, 0.05) is 53.2 Å². The number of hydrogen-bond acceptors (Lipinski definition) is 6. The maximum atomic E-state index is 13.4. The number of likely N-dealkylation sites (tertiary alicyclic amines) is 1. The number of fused-ring (bicyclic) bond motifs is 1. The summed E-state index contributed by atoms with van der Waals surface area (Å²) >= 11 is 7.84. The molecule has 1 aromatic heterocycles. The van der Waals surface area contributed by atoms with Gasteiger partial charge in [-0.3, -0.25) is 9.59 Å². The Labute approximate surface area is 230 Å². The predicted molar refractivity (Wildman–Crippen MR) is 147 cm³/mol. The Morgan fingerprint density at radius 2 is 1.95 bits per heavy atom. The molecule has 2 N–H and O–H groups in total. The van der Waals surface area contributed by atoms with Crippen molar-refractivity contribution in [3.8, 4) is 11.5 Å². The van der Waals surface area contributed by atoms with Crippen molar-refractivity contribution in [3.05, 3.63) is 49.9 Å². The first kappa shape index (κ1) is 23.9. The lowest BCUT2D eigenvalue weighted by Crippen LogP contribution is -2.49. The molecule has 37 heavy (non-hydrogen) atoms. The zero-order valence-electron chi connectivity index (χ0n) is 23.8. The normalized spacial score (nSPS) is 23.4. The molecule has 2 aliphatic heterocycles. The van der Waals surface area contributed by atoms with Crippen molar-refractivity contribution in [1.82, 2.24) is 15.2 Å². The van der Waals surface area contributed by atoms with Crippen molar-refractivity contribution < 1.29 is 17.0 Å². The summed E-state index contributed by atoms with van der Waals surface area (Å²) in [4.78, 5) is 31.6. The van der Waals surface area contributed by atoms with Gasteiger partial charge in [0.05, 0.1) is 7.76 Å². The van der Waals surface area contributed by atoms with E-state index in [1.807, 2.05) is 6.92 Å². The molecule has 1 aromatic carbocycles. The second kappa shape index (κ2) is 10.5. The van der Waals surface area contributed by atoms with Gasteiger partial charge in [-0.05, 0) is 76.9 Å². The van der Waals surface area contributed by atoms with Crippen molar-refractivity contribution in [2.75, 3.05) is 25.9 Å². The minimum Gasteiger partial charge on any atom is -0.448 e. The van der Waals surface area contributed by atoms with Gasteiger partial charge < -0.3 is 24.7 Å².